The Morgan fingerprint density at radius 2 is 1.46 bits per heavy atom. The highest BCUT2D eigenvalue weighted by atomic mass is 14.8. The maximum Gasteiger partial charge on any atom is 0.0920 e. The van der Waals surface area contributed by atoms with E-state index >= 15 is 0 Å². The summed E-state index contributed by atoms with van der Waals surface area (Å²) < 4.78 is 0. The molecule has 0 unspecified atom stereocenters. The van der Waals surface area contributed by atoms with Gasteiger partial charge in [-0.15, -0.1) is 0 Å². The molecule has 2 heteroatoms. The van der Waals surface area contributed by atoms with Gasteiger partial charge in [-0.1, -0.05) is 58.4 Å². The van der Waals surface area contributed by atoms with Crippen molar-refractivity contribution in [3.05, 3.63) is 47.8 Å². The molecule has 0 atom stereocenters. The molecule has 130 valence electrons. The molecule has 2 heterocycles. The molecule has 2 nitrogen and oxygen atoms in total. The Hall–Kier alpha value is -1.70. The zero-order valence-electron chi connectivity index (χ0n) is 15.4. The quantitative estimate of drug-likeness (QED) is 0.448. The molecular weight excluding hydrogens is 292 g/mol. The van der Waals surface area contributed by atoms with Crippen LogP contribution < -0.4 is 0 Å². The van der Waals surface area contributed by atoms with Gasteiger partial charge in [0.1, 0.15) is 0 Å². The van der Waals surface area contributed by atoms with E-state index < -0.39 is 0 Å². The standard InChI is InChI=1S/C22H32N2/c1-3-5-7-9-13-19-16-18-24-22(21-15-11-12-17-23-21)20(19)14-10-8-6-4-2/h11-12,15-18H,3-10,13-14H2,1-2H3. The van der Waals surface area contributed by atoms with E-state index in [1.54, 1.807) is 0 Å². The van der Waals surface area contributed by atoms with Gasteiger partial charge in [0.25, 0.3) is 0 Å². The van der Waals surface area contributed by atoms with Crippen LogP contribution in [-0.2, 0) is 12.8 Å². The predicted octanol–water partition coefficient (Wildman–Crippen LogP) is 6.39. The van der Waals surface area contributed by atoms with Gasteiger partial charge in [-0.25, -0.2) is 0 Å². The van der Waals surface area contributed by atoms with E-state index in [0.717, 1.165) is 17.8 Å². The summed E-state index contributed by atoms with van der Waals surface area (Å²) in [6, 6.07) is 8.34. The highest BCUT2D eigenvalue weighted by molar-refractivity contribution is 5.60. The number of nitrogens with zero attached hydrogens (tertiary/aromatic N) is 2. The van der Waals surface area contributed by atoms with Crippen LogP contribution in [0.3, 0.4) is 0 Å². The summed E-state index contributed by atoms with van der Waals surface area (Å²) in [6.45, 7) is 4.54. The second kappa shape index (κ2) is 11.0. The Labute approximate surface area is 147 Å². The molecule has 0 aliphatic rings. The molecule has 0 fully saturated rings. The molecule has 0 saturated carbocycles. The lowest BCUT2D eigenvalue weighted by Crippen LogP contribution is -2.02. The maximum atomic E-state index is 4.69. The van der Waals surface area contributed by atoms with Crippen molar-refractivity contribution in [3.8, 4) is 11.4 Å². The molecule has 0 N–H and O–H groups in total. The number of rotatable bonds is 11. The van der Waals surface area contributed by atoms with Crippen molar-refractivity contribution in [1.29, 1.82) is 0 Å². The third-order valence-electron chi connectivity index (χ3n) is 4.64. The van der Waals surface area contributed by atoms with Gasteiger partial charge in [0.15, 0.2) is 0 Å². The second-order valence-electron chi connectivity index (χ2n) is 6.63. The van der Waals surface area contributed by atoms with Crippen LogP contribution in [0.25, 0.3) is 11.4 Å². The number of aromatic nitrogens is 2. The number of aryl methyl sites for hydroxylation is 1. The molecule has 0 bridgehead atoms. The SMILES string of the molecule is CCCCCCc1ccnc(-c2ccccn2)c1CCCCCC. The Bertz CT molecular complexity index is 578. The monoisotopic (exact) mass is 324 g/mol. The average molecular weight is 325 g/mol. The summed E-state index contributed by atoms with van der Waals surface area (Å²) in [7, 11) is 0. The third-order valence-corrected chi connectivity index (χ3v) is 4.64. The fourth-order valence-electron chi connectivity index (χ4n) is 3.24. The first-order valence-electron chi connectivity index (χ1n) is 9.75. The summed E-state index contributed by atoms with van der Waals surface area (Å²) in [5.41, 5.74) is 5.03. The van der Waals surface area contributed by atoms with Gasteiger partial charge in [0.2, 0.25) is 0 Å². The topological polar surface area (TPSA) is 25.8 Å². The van der Waals surface area contributed by atoms with E-state index in [1.807, 2.05) is 18.5 Å². The van der Waals surface area contributed by atoms with Crippen LogP contribution in [0.2, 0.25) is 0 Å². The van der Waals surface area contributed by atoms with Gasteiger partial charge >= 0.3 is 0 Å². The van der Waals surface area contributed by atoms with Crippen molar-refractivity contribution < 1.29 is 0 Å². The van der Waals surface area contributed by atoms with E-state index in [1.165, 1.54) is 68.9 Å². The Morgan fingerprint density at radius 3 is 2.12 bits per heavy atom. The fraction of sp³-hybridized carbons (Fsp3) is 0.545. The van der Waals surface area contributed by atoms with Crippen molar-refractivity contribution in [2.24, 2.45) is 0 Å². The molecule has 0 aliphatic carbocycles. The number of hydrogen-bond donors (Lipinski definition) is 0. The summed E-state index contributed by atoms with van der Waals surface area (Å²) in [6.07, 6.45) is 16.5. The molecule has 2 aromatic rings. The Morgan fingerprint density at radius 1 is 0.708 bits per heavy atom. The highest BCUT2D eigenvalue weighted by Gasteiger charge is 2.12. The number of hydrogen-bond acceptors (Lipinski definition) is 2. The maximum absolute atomic E-state index is 4.69. The first-order valence-corrected chi connectivity index (χ1v) is 9.75. The predicted molar refractivity (Wildman–Crippen MR) is 103 cm³/mol. The van der Waals surface area contributed by atoms with Crippen molar-refractivity contribution in [1.82, 2.24) is 9.97 Å². The van der Waals surface area contributed by atoms with Crippen molar-refractivity contribution in [2.45, 2.75) is 78.1 Å². The zero-order valence-corrected chi connectivity index (χ0v) is 15.4. The largest absolute Gasteiger partial charge is 0.255 e. The second-order valence-corrected chi connectivity index (χ2v) is 6.63. The number of pyridine rings is 2. The van der Waals surface area contributed by atoms with Crippen LogP contribution in [0.5, 0.6) is 0 Å². The summed E-state index contributed by atoms with van der Waals surface area (Å²) >= 11 is 0. The summed E-state index contributed by atoms with van der Waals surface area (Å²) in [4.78, 5) is 9.23. The molecule has 0 radical (unpaired) electrons. The summed E-state index contributed by atoms with van der Waals surface area (Å²) in [5, 5.41) is 0. The average Bonchev–Trinajstić information content (AvgIpc) is 2.63. The smallest absolute Gasteiger partial charge is 0.0920 e. The minimum atomic E-state index is 1.01. The number of unbranched alkanes of at least 4 members (excludes halogenated alkanes) is 6. The Kier molecular flexibility index (Phi) is 8.51. The fourth-order valence-corrected chi connectivity index (χ4v) is 3.24. The van der Waals surface area contributed by atoms with Gasteiger partial charge < -0.3 is 0 Å². The van der Waals surface area contributed by atoms with Crippen molar-refractivity contribution in [2.75, 3.05) is 0 Å². The van der Waals surface area contributed by atoms with Crippen LogP contribution in [0.15, 0.2) is 36.7 Å². The molecule has 0 amide bonds. The molecule has 2 aromatic heterocycles. The van der Waals surface area contributed by atoms with Crippen molar-refractivity contribution >= 4 is 0 Å². The van der Waals surface area contributed by atoms with Gasteiger partial charge in [0.05, 0.1) is 11.4 Å². The molecule has 24 heavy (non-hydrogen) atoms. The highest BCUT2D eigenvalue weighted by Crippen LogP contribution is 2.26. The van der Waals surface area contributed by atoms with Crippen LogP contribution in [0, 0.1) is 0 Å². The van der Waals surface area contributed by atoms with Crippen LogP contribution in [0.1, 0.15) is 76.3 Å². The Balaban J connectivity index is 2.18. The van der Waals surface area contributed by atoms with E-state index in [2.05, 4.69) is 37.0 Å². The lowest BCUT2D eigenvalue weighted by Gasteiger charge is -2.14. The van der Waals surface area contributed by atoms with Crippen molar-refractivity contribution in [3.63, 3.8) is 0 Å². The van der Waals surface area contributed by atoms with Gasteiger partial charge in [-0.05, 0) is 55.0 Å². The summed E-state index contributed by atoms with van der Waals surface area (Å²) in [5.74, 6) is 0. The molecule has 0 aromatic carbocycles. The lowest BCUT2D eigenvalue weighted by molar-refractivity contribution is 0.650. The molecule has 0 saturated heterocycles. The minimum absolute atomic E-state index is 1.01. The zero-order chi connectivity index (χ0) is 17.0. The first kappa shape index (κ1) is 18.6. The van der Waals surface area contributed by atoms with Crippen LogP contribution >= 0.6 is 0 Å². The van der Waals surface area contributed by atoms with Gasteiger partial charge in [0, 0.05) is 12.4 Å². The molecule has 0 aliphatic heterocycles. The van der Waals surface area contributed by atoms with E-state index in [0.29, 0.717) is 0 Å². The van der Waals surface area contributed by atoms with E-state index in [4.69, 9.17) is 4.98 Å². The first-order chi connectivity index (χ1) is 11.9. The van der Waals surface area contributed by atoms with Gasteiger partial charge in [-0.3, -0.25) is 9.97 Å². The minimum Gasteiger partial charge on any atom is -0.255 e. The van der Waals surface area contributed by atoms with Crippen LogP contribution in [-0.4, -0.2) is 9.97 Å². The van der Waals surface area contributed by atoms with Gasteiger partial charge in [-0.2, -0.15) is 0 Å². The van der Waals surface area contributed by atoms with Crippen LogP contribution in [0.4, 0.5) is 0 Å². The van der Waals surface area contributed by atoms with E-state index in [-0.39, 0.29) is 0 Å². The molecule has 0 spiro atoms. The molecular formula is C22H32N2. The third kappa shape index (κ3) is 5.74. The normalized spacial score (nSPS) is 10.9. The molecule has 2 rings (SSSR count). The van der Waals surface area contributed by atoms with E-state index in [9.17, 15) is 0 Å². The lowest BCUT2D eigenvalue weighted by atomic mass is 9.94.